The van der Waals surface area contributed by atoms with E-state index in [-0.39, 0.29) is 23.2 Å². The van der Waals surface area contributed by atoms with Crippen molar-refractivity contribution >= 4 is 18.0 Å². The van der Waals surface area contributed by atoms with E-state index in [1.165, 1.54) is 26.4 Å². The highest BCUT2D eigenvalue weighted by Gasteiger charge is 2.14. The Kier molecular flexibility index (Phi) is 6.14. The molecule has 0 unspecified atom stereocenters. The summed E-state index contributed by atoms with van der Waals surface area (Å²) in [5, 5.41) is 8.93. The Morgan fingerprint density at radius 2 is 1.91 bits per heavy atom. The molecule has 0 heterocycles. The molecule has 6 nitrogen and oxygen atoms in total. The second kappa shape index (κ2) is 7.84. The first-order valence-electron chi connectivity index (χ1n) is 6.52. The summed E-state index contributed by atoms with van der Waals surface area (Å²) in [6, 6.07) is 6.46. The molecule has 0 aliphatic rings. The van der Waals surface area contributed by atoms with Gasteiger partial charge in [-0.15, -0.1) is 0 Å². The number of ether oxygens (including phenoxy) is 3. The van der Waals surface area contributed by atoms with Crippen LogP contribution >= 0.6 is 0 Å². The van der Waals surface area contributed by atoms with Gasteiger partial charge in [-0.1, -0.05) is 19.9 Å². The van der Waals surface area contributed by atoms with Crippen molar-refractivity contribution in [3.05, 3.63) is 29.3 Å². The largest absolute Gasteiger partial charge is 0.493 e. The van der Waals surface area contributed by atoms with E-state index in [0.29, 0.717) is 11.3 Å². The summed E-state index contributed by atoms with van der Waals surface area (Å²) in [6.45, 7) is 3.45. The van der Waals surface area contributed by atoms with Crippen LogP contribution in [0, 0.1) is 17.2 Å². The Hall–Kier alpha value is -2.81. The van der Waals surface area contributed by atoms with Gasteiger partial charge < -0.3 is 14.2 Å². The molecule has 0 bridgehead atoms. The highest BCUT2D eigenvalue weighted by molar-refractivity contribution is 5.97. The molecule has 0 aliphatic heterocycles. The highest BCUT2D eigenvalue weighted by atomic mass is 16.6. The Labute approximate surface area is 128 Å². The smallest absolute Gasteiger partial charge is 0.348 e. The minimum absolute atomic E-state index is 0.142. The molecule has 0 saturated heterocycles. The number of nitriles is 1. The van der Waals surface area contributed by atoms with Crippen LogP contribution in [0.25, 0.3) is 6.08 Å². The van der Waals surface area contributed by atoms with Gasteiger partial charge in [0.05, 0.1) is 20.1 Å². The second-order valence-corrected chi connectivity index (χ2v) is 4.65. The van der Waals surface area contributed by atoms with Gasteiger partial charge in [0.2, 0.25) is 0 Å². The first-order chi connectivity index (χ1) is 10.4. The van der Waals surface area contributed by atoms with E-state index in [9.17, 15) is 9.59 Å². The lowest BCUT2D eigenvalue weighted by Gasteiger charge is -2.11. The van der Waals surface area contributed by atoms with E-state index in [1.807, 2.05) is 0 Å². The number of hydrogen-bond donors (Lipinski definition) is 0. The lowest BCUT2D eigenvalue weighted by molar-refractivity contribution is -0.138. The molecular weight excluding hydrogens is 286 g/mol. The molecule has 6 heteroatoms. The van der Waals surface area contributed by atoms with E-state index in [0.717, 1.165) is 0 Å². The summed E-state index contributed by atoms with van der Waals surface area (Å²) in [4.78, 5) is 23.0. The number of rotatable bonds is 5. The van der Waals surface area contributed by atoms with Crippen molar-refractivity contribution in [2.45, 2.75) is 13.8 Å². The highest BCUT2D eigenvalue weighted by Crippen LogP contribution is 2.29. The van der Waals surface area contributed by atoms with Gasteiger partial charge in [0.1, 0.15) is 11.6 Å². The quantitative estimate of drug-likeness (QED) is 0.359. The van der Waals surface area contributed by atoms with Gasteiger partial charge in [-0.25, -0.2) is 4.79 Å². The molecule has 1 rings (SSSR count). The number of esters is 2. The molecule has 116 valence electrons. The molecule has 0 spiro atoms. The fraction of sp³-hybridized carbons (Fsp3) is 0.312. The molecule has 1 aromatic carbocycles. The monoisotopic (exact) mass is 303 g/mol. The molecular formula is C16H17NO5. The number of nitrogens with zero attached hydrogens (tertiary/aromatic N) is 1. The van der Waals surface area contributed by atoms with Gasteiger partial charge in [0.25, 0.3) is 0 Å². The zero-order chi connectivity index (χ0) is 16.7. The maximum atomic E-state index is 11.6. The maximum absolute atomic E-state index is 11.6. The normalized spacial score (nSPS) is 10.8. The van der Waals surface area contributed by atoms with Crippen LogP contribution in [0.2, 0.25) is 0 Å². The van der Waals surface area contributed by atoms with Crippen LogP contribution in [0.15, 0.2) is 23.8 Å². The van der Waals surface area contributed by atoms with Crippen molar-refractivity contribution in [3.8, 4) is 17.6 Å². The third-order valence-electron chi connectivity index (χ3n) is 2.71. The first kappa shape index (κ1) is 17.2. The van der Waals surface area contributed by atoms with E-state index >= 15 is 0 Å². The van der Waals surface area contributed by atoms with Gasteiger partial charge in [0.15, 0.2) is 11.5 Å². The molecule has 0 atom stereocenters. The predicted octanol–water partition coefficient (Wildman–Crippen LogP) is 2.34. The SMILES string of the molecule is COC(=O)C(C#N)=Cc1ccc(OC(=O)C(C)C)c(OC)c1. The summed E-state index contributed by atoms with van der Waals surface area (Å²) in [5.41, 5.74) is 0.402. The molecule has 0 fully saturated rings. The Balaban J connectivity index is 3.13. The molecule has 22 heavy (non-hydrogen) atoms. The molecule has 0 N–H and O–H groups in total. The zero-order valence-electron chi connectivity index (χ0n) is 12.9. The standard InChI is InChI=1S/C16H17NO5/c1-10(2)15(18)22-13-6-5-11(8-14(13)20-3)7-12(9-17)16(19)21-4/h5-8,10H,1-4H3. The molecule has 0 aromatic heterocycles. The van der Waals surface area contributed by atoms with Crippen molar-refractivity contribution < 1.29 is 23.8 Å². The Morgan fingerprint density at radius 3 is 2.41 bits per heavy atom. The van der Waals surface area contributed by atoms with Crippen LogP contribution < -0.4 is 9.47 Å². The van der Waals surface area contributed by atoms with Crippen LogP contribution in [0.3, 0.4) is 0 Å². The molecule has 1 aromatic rings. The van der Waals surface area contributed by atoms with Crippen molar-refractivity contribution in [1.82, 2.24) is 0 Å². The van der Waals surface area contributed by atoms with E-state index < -0.39 is 5.97 Å². The fourth-order valence-corrected chi connectivity index (χ4v) is 1.50. The molecule has 0 aliphatic carbocycles. The third kappa shape index (κ3) is 4.35. The van der Waals surface area contributed by atoms with Gasteiger partial charge in [-0.3, -0.25) is 4.79 Å². The van der Waals surface area contributed by atoms with Crippen LogP contribution in [-0.4, -0.2) is 26.2 Å². The van der Waals surface area contributed by atoms with Crippen LogP contribution in [-0.2, 0) is 14.3 Å². The topological polar surface area (TPSA) is 85.6 Å². The number of methoxy groups -OCH3 is 2. The van der Waals surface area contributed by atoms with Crippen molar-refractivity contribution in [2.24, 2.45) is 5.92 Å². The van der Waals surface area contributed by atoms with Crippen LogP contribution in [0.5, 0.6) is 11.5 Å². The minimum atomic E-state index is -0.725. The predicted molar refractivity (Wildman–Crippen MR) is 79.1 cm³/mol. The summed E-state index contributed by atoms with van der Waals surface area (Å²) in [6.07, 6.45) is 1.36. The first-order valence-corrected chi connectivity index (χ1v) is 6.52. The van der Waals surface area contributed by atoms with E-state index in [2.05, 4.69) is 4.74 Å². The number of carbonyl (C=O) groups is 2. The van der Waals surface area contributed by atoms with Crippen molar-refractivity contribution in [2.75, 3.05) is 14.2 Å². The zero-order valence-corrected chi connectivity index (χ0v) is 12.9. The fourth-order valence-electron chi connectivity index (χ4n) is 1.50. The summed E-state index contributed by atoms with van der Waals surface area (Å²) < 4.78 is 14.9. The van der Waals surface area contributed by atoms with E-state index in [1.54, 1.807) is 32.0 Å². The Bertz CT molecular complexity index is 640. The third-order valence-corrected chi connectivity index (χ3v) is 2.71. The van der Waals surface area contributed by atoms with Crippen molar-refractivity contribution in [1.29, 1.82) is 5.26 Å². The maximum Gasteiger partial charge on any atom is 0.348 e. The van der Waals surface area contributed by atoms with Crippen molar-refractivity contribution in [3.63, 3.8) is 0 Å². The van der Waals surface area contributed by atoms with E-state index in [4.69, 9.17) is 14.7 Å². The average Bonchev–Trinajstić information content (AvgIpc) is 2.52. The van der Waals surface area contributed by atoms with Crippen LogP contribution in [0.1, 0.15) is 19.4 Å². The minimum Gasteiger partial charge on any atom is -0.493 e. The molecule has 0 saturated carbocycles. The van der Waals surface area contributed by atoms with Gasteiger partial charge in [-0.2, -0.15) is 5.26 Å². The molecule has 0 radical (unpaired) electrons. The molecule has 0 amide bonds. The Morgan fingerprint density at radius 1 is 1.23 bits per heavy atom. The van der Waals surface area contributed by atoms with Gasteiger partial charge in [0, 0.05) is 0 Å². The second-order valence-electron chi connectivity index (χ2n) is 4.65. The van der Waals surface area contributed by atoms with Gasteiger partial charge in [-0.05, 0) is 23.8 Å². The van der Waals surface area contributed by atoms with Gasteiger partial charge >= 0.3 is 11.9 Å². The average molecular weight is 303 g/mol. The number of hydrogen-bond acceptors (Lipinski definition) is 6. The number of benzene rings is 1. The lowest BCUT2D eigenvalue weighted by atomic mass is 10.1. The lowest BCUT2D eigenvalue weighted by Crippen LogP contribution is -2.15. The summed E-state index contributed by atoms with van der Waals surface area (Å²) in [5.74, 6) is -0.778. The summed E-state index contributed by atoms with van der Waals surface area (Å²) >= 11 is 0. The number of carbonyl (C=O) groups excluding carboxylic acids is 2. The summed E-state index contributed by atoms with van der Waals surface area (Å²) in [7, 11) is 2.63. The van der Waals surface area contributed by atoms with Crippen LogP contribution in [0.4, 0.5) is 0 Å².